The van der Waals surface area contributed by atoms with Crippen LogP contribution in [0.15, 0.2) is 58.6 Å². The van der Waals surface area contributed by atoms with Crippen LogP contribution in [0.4, 0.5) is 14.5 Å². The second-order valence-electron chi connectivity index (χ2n) is 4.98. The lowest BCUT2D eigenvalue weighted by Crippen LogP contribution is -2.12. The van der Waals surface area contributed by atoms with Crippen molar-refractivity contribution in [2.75, 3.05) is 11.6 Å². The minimum atomic E-state index is -2.49. The van der Waals surface area contributed by atoms with E-state index in [2.05, 4.69) is 20.8 Å². The summed E-state index contributed by atoms with van der Waals surface area (Å²) in [7, 11) is 0. The number of thioether (sulfide) groups is 2. The number of nitrogens with one attached hydrogen (secondary N) is 1. The number of halogens is 2. The molecule has 10 heteroatoms. The normalized spacial score (nSPS) is 10.9. The smallest absolute Gasteiger partial charge is 0.288 e. The summed E-state index contributed by atoms with van der Waals surface area (Å²) in [5.74, 6) is -2.83. The van der Waals surface area contributed by atoms with Crippen molar-refractivity contribution in [2.45, 2.75) is 15.8 Å². The zero-order valence-corrected chi connectivity index (χ0v) is 15.1. The number of tetrazole rings is 1. The Bertz CT molecular complexity index is 902. The van der Waals surface area contributed by atoms with Gasteiger partial charge in [-0.2, -0.15) is 13.5 Å². The van der Waals surface area contributed by atoms with Crippen molar-refractivity contribution in [3.63, 3.8) is 0 Å². The third-order valence-corrected chi connectivity index (χ3v) is 4.66. The largest absolute Gasteiger partial charge is 0.322 e. The average Bonchev–Trinajstić information content (AvgIpc) is 3.11. The van der Waals surface area contributed by atoms with Crippen LogP contribution in [0.1, 0.15) is 10.4 Å². The van der Waals surface area contributed by atoms with Gasteiger partial charge < -0.3 is 5.32 Å². The van der Waals surface area contributed by atoms with E-state index < -0.39 is 5.76 Å². The van der Waals surface area contributed by atoms with Crippen molar-refractivity contribution in [2.24, 2.45) is 0 Å². The zero-order valence-electron chi connectivity index (χ0n) is 13.5. The quantitative estimate of drug-likeness (QED) is 0.640. The van der Waals surface area contributed by atoms with Gasteiger partial charge in [-0.05, 0) is 59.1 Å². The number of aromatic nitrogens is 4. The van der Waals surface area contributed by atoms with Crippen LogP contribution in [0.3, 0.4) is 0 Å². The Morgan fingerprint density at radius 3 is 2.65 bits per heavy atom. The van der Waals surface area contributed by atoms with Gasteiger partial charge in [-0.15, -0.1) is 5.10 Å². The number of rotatable bonds is 6. The van der Waals surface area contributed by atoms with Gasteiger partial charge >= 0.3 is 0 Å². The summed E-state index contributed by atoms with van der Waals surface area (Å²) >= 11 is 1.84. The lowest BCUT2D eigenvalue weighted by molar-refractivity contribution is 0.102. The van der Waals surface area contributed by atoms with Crippen LogP contribution in [-0.2, 0) is 0 Å². The summed E-state index contributed by atoms with van der Waals surface area (Å²) in [5, 5.41) is 14.9. The molecule has 3 aromatic rings. The molecular weight excluding hydrogens is 380 g/mol. The molecular formula is C16H13F2N5OS2. The van der Waals surface area contributed by atoms with Crippen LogP contribution in [0.25, 0.3) is 5.69 Å². The number of carbonyl (C=O) groups is 1. The van der Waals surface area contributed by atoms with E-state index in [4.69, 9.17) is 0 Å². The number of hydrogen-bond acceptors (Lipinski definition) is 6. The summed E-state index contributed by atoms with van der Waals surface area (Å²) in [6.45, 7) is 0. The number of alkyl halides is 2. The van der Waals surface area contributed by atoms with Gasteiger partial charge in [0.15, 0.2) is 0 Å². The van der Waals surface area contributed by atoms with Gasteiger partial charge in [0.25, 0.3) is 11.7 Å². The van der Waals surface area contributed by atoms with E-state index in [9.17, 15) is 13.6 Å². The van der Waals surface area contributed by atoms with E-state index in [1.165, 1.54) is 36.0 Å². The molecule has 1 amide bonds. The maximum atomic E-state index is 12.4. The molecule has 1 heterocycles. The van der Waals surface area contributed by atoms with Crippen LogP contribution in [0, 0.1) is 0 Å². The summed E-state index contributed by atoms with van der Waals surface area (Å²) in [5.41, 5.74) is 1.66. The summed E-state index contributed by atoms with van der Waals surface area (Å²) in [6.07, 6.45) is 1.86. The third kappa shape index (κ3) is 4.38. The highest BCUT2D eigenvalue weighted by Crippen LogP contribution is 2.25. The van der Waals surface area contributed by atoms with Crippen LogP contribution in [-0.4, -0.2) is 38.1 Å². The number of amides is 1. The molecule has 1 aromatic heterocycles. The van der Waals surface area contributed by atoms with E-state index in [1.54, 1.807) is 22.9 Å². The van der Waals surface area contributed by atoms with E-state index in [0.717, 1.165) is 0 Å². The molecule has 1 N–H and O–H groups in total. The predicted molar refractivity (Wildman–Crippen MR) is 97.2 cm³/mol. The topological polar surface area (TPSA) is 72.7 Å². The first-order valence-electron chi connectivity index (χ1n) is 7.36. The second kappa shape index (κ2) is 8.28. The first-order chi connectivity index (χ1) is 12.6. The van der Waals surface area contributed by atoms with E-state index in [-0.39, 0.29) is 5.91 Å². The fourth-order valence-electron chi connectivity index (χ4n) is 2.17. The first kappa shape index (κ1) is 18.3. The van der Waals surface area contributed by atoms with E-state index >= 15 is 0 Å². The molecule has 0 aliphatic heterocycles. The van der Waals surface area contributed by atoms with Crippen LogP contribution < -0.4 is 5.32 Å². The van der Waals surface area contributed by atoms with Gasteiger partial charge in [-0.3, -0.25) is 4.79 Å². The molecule has 26 heavy (non-hydrogen) atoms. The molecule has 0 spiro atoms. The molecule has 134 valence electrons. The SMILES string of the molecule is CSc1nnnn1-c1cccc(NC(=O)c2ccc(SC(F)F)cc2)c1. The van der Waals surface area contributed by atoms with Crippen molar-refractivity contribution in [1.29, 1.82) is 0 Å². The van der Waals surface area contributed by atoms with Gasteiger partial charge in [0.1, 0.15) is 0 Å². The summed E-state index contributed by atoms with van der Waals surface area (Å²) in [6, 6.07) is 13.1. The maximum absolute atomic E-state index is 12.4. The first-order valence-corrected chi connectivity index (χ1v) is 9.46. The second-order valence-corrected chi connectivity index (χ2v) is 6.82. The summed E-state index contributed by atoms with van der Waals surface area (Å²) in [4.78, 5) is 12.8. The monoisotopic (exact) mass is 393 g/mol. The molecule has 0 atom stereocenters. The summed E-state index contributed by atoms with van der Waals surface area (Å²) < 4.78 is 26.2. The molecule has 0 radical (unpaired) electrons. The molecule has 6 nitrogen and oxygen atoms in total. The van der Waals surface area contributed by atoms with Crippen molar-refractivity contribution >= 4 is 35.1 Å². The van der Waals surface area contributed by atoms with Crippen molar-refractivity contribution in [3.8, 4) is 5.69 Å². The molecule has 0 saturated carbocycles. The average molecular weight is 393 g/mol. The Balaban J connectivity index is 1.74. The van der Waals surface area contributed by atoms with Crippen molar-refractivity contribution in [3.05, 3.63) is 54.1 Å². The lowest BCUT2D eigenvalue weighted by Gasteiger charge is -2.08. The molecule has 0 bridgehead atoms. The zero-order chi connectivity index (χ0) is 18.5. The molecule has 0 aliphatic carbocycles. The number of benzene rings is 2. The van der Waals surface area contributed by atoms with Gasteiger partial charge in [0.2, 0.25) is 5.16 Å². The van der Waals surface area contributed by atoms with E-state index in [1.807, 2.05) is 12.3 Å². The molecule has 0 aliphatic rings. The van der Waals surface area contributed by atoms with Gasteiger partial charge in [-0.25, -0.2) is 0 Å². The molecule has 0 saturated heterocycles. The minimum Gasteiger partial charge on any atom is -0.322 e. The fourth-order valence-corrected chi connectivity index (χ4v) is 3.11. The highest BCUT2D eigenvalue weighted by atomic mass is 32.2. The molecule has 0 fully saturated rings. The van der Waals surface area contributed by atoms with Gasteiger partial charge in [0, 0.05) is 16.1 Å². The van der Waals surface area contributed by atoms with E-state index in [0.29, 0.717) is 38.8 Å². The maximum Gasteiger partial charge on any atom is 0.288 e. The minimum absolute atomic E-state index is 0.336. The molecule has 3 rings (SSSR count). The Morgan fingerprint density at radius 1 is 1.19 bits per heavy atom. The fraction of sp³-hybridized carbons (Fsp3) is 0.125. The molecule has 0 unspecified atom stereocenters. The highest BCUT2D eigenvalue weighted by molar-refractivity contribution is 7.99. The van der Waals surface area contributed by atoms with Crippen molar-refractivity contribution in [1.82, 2.24) is 20.2 Å². The Kier molecular flexibility index (Phi) is 5.84. The Morgan fingerprint density at radius 2 is 1.96 bits per heavy atom. The lowest BCUT2D eigenvalue weighted by atomic mass is 10.2. The van der Waals surface area contributed by atoms with Gasteiger partial charge in [0.05, 0.1) is 5.69 Å². The third-order valence-electron chi connectivity index (χ3n) is 3.31. The number of carbonyl (C=O) groups excluding carboxylic acids is 1. The number of nitrogens with zero attached hydrogens (tertiary/aromatic N) is 4. The Hall–Kier alpha value is -2.46. The number of anilines is 1. The van der Waals surface area contributed by atoms with Crippen LogP contribution in [0.5, 0.6) is 0 Å². The number of hydrogen-bond donors (Lipinski definition) is 1. The predicted octanol–water partition coefficient (Wildman–Crippen LogP) is 3.95. The van der Waals surface area contributed by atoms with Crippen molar-refractivity contribution < 1.29 is 13.6 Å². The van der Waals surface area contributed by atoms with Crippen LogP contribution in [0.2, 0.25) is 0 Å². The standard InChI is InChI=1S/C16H13F2N5OS2/c1-25-16-20-21-22-23(16)12-4-2-3-11(9-12)19-14(24)10-5-7-13(8-6-10)26-15(17)18/h2-9,15H,1H3,(H,19,24). The Labute approximate surface area is 156 Å². The van der Waals surface area contributed by atoms with Crippen LogP contribution >= 0.6 is 23.5 Å². The van der Waals surface area contributed by atoms with Gasteiger partial charge in [-0.1, -0.05) is 29.6 Å². The highest BCUT2D eigenvalue weighted by Gasteiger charge is 2.11. The molecule has 2 aromatic carbocycles.